The van der Waals surface area contributed by atoms with Gasteiger partial charge in [0.15, 0.2) is 0 Å². The molecule has 0 spiro atoms. The molecule has 2 aromatic rings. The molecule has 0 saturated carbocycles. The van der Waals surface area contributed by atoms with E-state index in [0.29, 0.717) is 0 Å². The zero-order valence-corrected chi connectivity index (χ0v) is 16.6. The van der Waals surface area contributed by atoms with Crippen LogP contribution in [0.5, 0.6) is 0 Å². The van der Waals surface area contributed by atoms with Gasteiger partial charge in [0.1, 0.15) is 0 Å². The fourth-order valence-electron chi connectivity index (χ4n) is 4.55. The lowest BCUT2D eigenvalue weighted by Crippen LogP contribution is -2.34. The van der Waals surface area contributed by atoms with Crippen LogP contribution in [0.2, 0.25) is 0 Å². The van der Waals surface area contributed by atoms with Crippen LogP contribution in [0, 0.1) is 11.8 Å². The number of likely N-dealkylation sites (tertiary alicyclic amines) is 2. The third-order valence-electron chi connectivity index (χ3n) is 6.61. The molecule has 0 N–H and O–H groups in total. The van der Waals surface area contributed by atoms with Crippen molar-refractivity contribution in [1.29, 1.82) is 0 Å². The fourth-order valence-corrected chi connectivity index (χ4v) is 4.55. The van der Waals surface area contributed by atoms with E-state index < -0.39 is 0 Å². The van der Waals surface area contributed by atoms with Gasteiger partial charge in [-0.1, -0.05) is 38.1 Å². The van der Waals surface area contributed by atoms with Crippen molar-refractivity contribution in [3.05, 3.63) is 47.5 Å². The van der Waals surface area contributed by atoms with Crippen LogP contribution in [-0.4, -0.2) is 36.0 Å². The van der Waals surface area contributed by atoms with Gasteiger partial charge < -0.3 is 0 Å². The van der Waals surface area contributed by atoms with Crippen LogP contribution in [0.4, 0.5) is 0 Å². The fraction of sp³-hybridized carbons (Fsp3) is 0.583. The second-order valence-corrected chi connectivity index (χ2v) is 8.89. The Morgan fingerprint density at radius 3 is 1.46 bits per heavy atom. The number of hydrogen-bond acceptors (Lipinski definition) is 2. The van der Waals surface area contributed by atoms with E-state index in [1.165, 1.54) is 62.6 Å². The summed E-state index contributed by atoms with van der Waals surface area (Å²) in [7, 11) is 0. The number of rotatable bonds is 4. The van der Waals surface area contributed by atoms with Gasteiger partial charge in [-0.3, -0.25) is 9.80 Å². The first-order valence-electron chi connectivity index (χ1n) is 10.6. The summed E-state index contributed by atoms with van der Waals surface area (Å²) >= 11 is 0. The van der Waals surface area contributed by atoms with Crippen molar-refractivity contribution >= 4 is 10.8 Å². The van der Waals surface area contributed by atoms with Crippen molar-refractivity contribution in [2.45, 2.75) is 52.6 Å². The molecule has 2 heterocycles. The second kappa shape index (κ2) is 8.10. The molecule has 2 aromatic carbocycles. The number of hydrogen-bond donors (Lipinski definition) is 0. The zero-order valence-electron chi connectivity index (χ0n) is 16.6. The predicted molar refractivity (Wildman–Crippen MR) is 111 cm³/mol. The van der Waals surface area contributed by atoms with Gasteiger partial charge in [-0.2, -0.15) is 0 Å². The summed E-state index contributed by atoms with van der Waals surface area (Å²) in [5, 5.41) is 2.78. The molecule has 2 aliphatic rings. The smallest absolute Gasteiger partial charge is 0.0237 e. The summed E-state index contributed by atoms with van der Waals surface area (Å²) in [5.41, 5.74) is 3.11. The van der Waals surface area contributed by atoms with Gasteiger partial charge in [-0.15, -0.1) is 0 Å². The third kappa shape index (κ3) is 4.29. The van der Waals surface area contributed by atoms with Crippen LogP contribution in [0.3, 0.4) is 0 Å². The Bertz CT molecular complexity index is 660. The maximum Gasteiger partial charge on any atom is 0.0237 e. The molecular formula is C24H34N2. The van der Waals surface area contributed by atoms with E-state index in [2.05, 4.69) is 60.0 Å². The monoisotopic (exact) mass is 350 g/mol. The van der Waals surface area contributed by atoms with Gasteiger partial charge in [0.05, 0.1) is 0 Å². The van der Waals surface area contributed by atoms with E-state index in [-0.39, 0.29) is 0 Å². The average Bonchev–Trinajstić information content (AvgIpc) is 2.66. The summed E-state index contributed by atoms with van der Waals surface area (Å²) in [6.45, 7) is 12.1. The van der Waals surface area contributed by atoms with Crippen LogP contribution in [0.1, 0.15) is 50.7 Å². The minimum Gasteiger partial charge on any atom is -0.299 e. The van der Waals surface area contributed by atoms with Crippen molar-refractivity contribution < 1.29 is 0 Å². The summed E-state index contributed by atoms with van der Waals surface area (Å²) in [4.78, 5) is 5.35. The first kappa shape index (κ1) is 18.0. The molecule has 26 heavy (non-hydrogen) atoms. The topological polar surface area (TPSA) is 6.48 Å². The quantitative estimate of drug-likeness (QED) is 0.738. The summed E-state index contributed by atoms with van der Waals surface area (Å²) in [6, 6.07) is 13.8. The highest BCUT2D eigenvalue weighted by Crippen LogP contribution is 2.26. The molecule has 0 aromatic heterocycles. The van der Waals surface area contributed by atoms with E-state index in [4.69, 9.17) is 0 Å². The van der Waals surface area contributed by atoms with Crippen LogP contribution >= 0.6 is 0 Å². The van der Waals surface area contributed by atoms with Crippen LogP contribution in [0.25, 0.3) is 10.8 Å². The second-order valence-electron chi connectivity index (χ2n) is 8.89. The molecule has 4 rings (SSSR count). The lowest BCUT2D eigenvalue weighted by Gasteiger charge is -2.33. The summed E-state index contributed by atoms with van der Waals surface area (Å²) < 4.78 is 0. The molecule has 0 amide bonds. The van der Waals surface area contributed by atoms with Crippen molar-refractivity contribution in [2.75, 3.05) is 26.2 Å². The normalized spacial score (nSPS) is 21.5. The molecule has 2 saturated heterocycles. The molecule has 140 valence electrons. The van der Waals surface area contributed by atoms with E-state index >= 15 is 0 Å². The van der Waals surface area contributed by atoms with Crippen LogP contribution < -0.4 is 0 Å². The Hall–Kier alpha value is -1.38. The van der Waals surface area contributed by atoms with Gasteiger partial charge in [0, 0.05) is 13.1 Å². The molecule has 2 nitrogen and oxygen atoms in total. The van der Waals surface area contributed by atoms with Gasteiger partial charge in [-0.25, -0.2) is 0 Å². The first-order valence-corrected chi connectivity index (χ1v) is 10.6. The Morgan fingerprint density at radius 2 is 1.08 bits per heavy atom. The number of piperidine rings is 2. The molecule has 2 aliphatic heterocycles. The molecule has 0 aliphatic carbocycles. The van der Waals surface area contributed by atoms with Crippen molar-refractivity contribution in [3.63, 3.8) is 0 Å². The number of fused-ring (bicyclic) bond motifs is 1. The standard InChI is InChI=1S/C24H34N2/c1-19-7-11-25(12-8-19)17-23-15-21-5-3-4-6-22(21)16-24(23)18-26-13-9-20(2)10-14-26/h3-6,15-16,19-20H,7-14,17-18H2,1-2H3. The SMILES string of the molecule is CC1CCN(Cc2cc3ccccc3cc2CN2CCC(C)CC2)CC1. The molecule has 0 bridgehead atoms. The minimum atomic E-state index is 0.901. The van der Waals surface area contributed by atoms with E-state index in [0.717, 1.165) is 24.9 Å². The van der Waals surface area contributed by atoms with E-state index in [9.17, 15) is 0 Å². The molecule has 2 fully saturated rings. The van der Waals surface area contributed by atoms with Gasteiger partial charge in [0.2, 0.25) is 0 Å². The van der Waals surface area contributed by atoms with E-state index in [1.54, 1.807) is 11.1 Å². The Morgan fingerprint density at radius 1 is 0.692 bits per heavy atom. The van der Waals surface area contributed by atoms with Crippen molar-refractivity contribution in [3.8, 4) is 0 Å². The predicted octanol–water partition coefficient (Wildman–Crippen LogP) is 5.30. The Labute approximate surface area is 159 Å². The molecule has 0 atom stereocenters. The van der Waals surface area contributed by atoms with E-state index in [1.807, 2.05) is 0 Å². The third-order valence-corrected chi connectivity index (χ3v) is 6.61. The lowest BCUT2D eigenvalue weighted by atomic mass is 9.95. The van der Waals surface area contributed by atoms with Gasteiger partial charge in [-0.05, 0) is 97.7 Å². The molecule has 2 heteroatoms. The number of benzene rings is 2. The van der Waals surface area contributed by atoms with Crippen LogP contribution in [0.15, 0.2) is 36.4 Å². The average molecular weight is 351 g/mol. The first-order chi connectivity index (χ1) is 12.7. The lowest BCUT2D eigenvalue weighted by molar-refractivity contribution is 0.176. The maximum atomic E-state index is 2.67. The highest BCUT2D eigenvalue weighted by molar-refractivity contribution is 5.84. The van der Waals surface area contributed by atoms with Gasteiger partial charge in [0.25, 0.3) is 0 Å². The summed E-state index contributed by atoms with van der Waals surface area (Å²) in [6.07, 6.45) is 5.42. The maximum absolute atomic E-state index is 2.67. The largest absolute Gasteiger partial charge is 0.299 e. The Kier molecular flexibility index (Phi) is 5.61. The van der Waals surface area contributed by atoms with Crippen molar-refractivity contribution in [1.82, 2.24) is 9.80 Å². The Balaban J connectivity index is 1.56. The summed E-state index contributed by atoms with van der Waals surface area (Å²) in [5.74, 6) is 1.80. The molecular weight excluding hydrogens is 316 g/mol. The molecule has 0 radical (unpaired) electrons. The number of nitrogens with zero attached hydrogens (tertiary/aromatic N) is 2. The highest BCUT2D eigenvalue weighted by Gasteiger charge is 2.20. The zero-order chi connectivity index (χ0) is 17.9. The minimum absolute atomic E-state index is 0.901. The van der Waals surface area contributed by atoms with Gasteiger partial charge >= 0.3 is 0 Å². The molecule has 0 unspecified atom stereocenters. The highest BCUT2D eigenvalue weighted by atomic mass is 15.1. The van der Waals surface area contributed by atoms with Crippen LogP contribution in [-0.2, 0) is 13.1 Å². The van der Waals surface area contributed by atoms with Crippen molar-refractivity contribution in [2.24, 2.45) is 11.8 Å².